The highest BCUT2D eigenvalue weighted by molar-refractivity contribution is 7.90. The third-order valence-corrected chi connectivity index (χ3v) is 5.64. The molecule has 138 valence electrons. The summed E-state index contributed by atoms with van der Waals surface area (Å²) in [6.45, 7) is 3.48. The molecule has 1 amide bonds. The lowest BCUT2D eigenvalue weighted by Gasteiger charge is -2.18. The van der Waals surface area contributed by atoms with E-state index in [1.165, 1.54) is 17.0 Å². The molecule has 7 heteroatoms. The van der Waals surface area contributed by atoms with Gasteiger partial charge in [-0.25, -0.2) is 8.42 Å². The quantitative estimate of drug-likeness (QED) is 0.803. The number of carboxylic acid groups (broad SMARTS) is 1. The van der Waals surface area contributed by atoms with Crippen molar-refractivity contribution in [2.24, 2.45) is 0 Å². The normalized spacial score (nSPS) is 11.2. The van der Waals surface area contributed by atoms with E-state index in [2.05, 4.69) is 0 Å². The van der Waals surface area contributed by atoms with Gasteiger partial charge in [-0.3, -0.25) is 9.59 Å². The summed E-state index contributed by atoms with van der Waals surface area (Å²) in [4.78, 5) is 24.6. The summed E-state index contributed by atoms with van der Waals surface area (Å²) < 4.78 is 24.9. The monoisotopic (exact) mass is 375 g/mol. The summed E-state index contributed by atoms with van der Waals surface area (Å²) in [7, 11) is -3.47. The van der Waals surface area contributed by atoms with Gasteiger partial charge in [0.2, 0.25) is 0 Å². The Balaban J connectivity index is 2.15. The SMILES string of the molecule is CCN(CC(=O)O)C(=O)c1ccc(CS(=O)(=O)c2ccc(C)cc2)cc1. The maximum atomic E-state index is 12.5. The van der Waals surface area contributed by atoms with Crippen molar-refractivity contribution in [2.45, 2.75) is 24.5 Å². The van der Waals surface area contributed by atoms with Gasteiger partial charge in [-0.15, -0.1) is 0 Å². The van der Waals surface area contributed by atoms with Gasteiger partial charge in [-0.05, 0) is 43.7 Å². The van der Waals surface area contributed by atoms with Gasteiger partial charge in [0.1, 0.15) is 6.54 Å². The van der Waals surface area contributed by atoms with Crippen LogP contribution in [0, 0.1) is 6.92 Å². The highest BCUT2D eigenvalue weighted by Gasteiger charge is 2.18. The fourth-order valence-corrected chi connectivity index (χ4v) is 3.81. The first-order valence-electron chi connectivity index (χ1n) is 8.12. The molecule has 6 nitrogen and oxygen atoms in total. The van der Waals surface area contributed by atoms with Crippen LogP contribution in [0.15, 0.2) is 53.4 Å². The standard InChI is InChI=1S/C19H21NO5S/c1-3-20(12-18(21)22)19(23)16-8-6-15(7-9-16)13-26(24,25)17-10-4-14(2)5-11-17/h4-11H,3,12-13H2,1-2H3,(H,21,22). The van der Waals surface area contributed by atoms with Crippen molar-refractivity contribution in [2.75, 3.05) is 13.1 Å². The van der Waals surface area contributed by atoms with E-state index >= 15 is 0 Å². The van der Waals surface area contributed by atoms with Crippen LogP contribution in [0.1, 0.15) is 28.4 Å². The minimum absolute atomic E-state index is 0.169. The van der Waals surface area contributed by atoms with Crippen molar-refractivity contribution >= 4 is 21.7 Å². The first-order chi connectivity index (χ1) is 12.2. The van der Waals surface area contributed by atoms with E-state index in [9.17, 15) is 18.0 Å². The van der Waals surface area contributed by atoms with Crippen LogP contribution in [0.4, 0.5) is 0 Å². The van der Waals surface area contributed by atoms with Gasteiger partial charge in [-0.1, -0.05) is 29.8 Å². The van der Waals surface area contributed by atoms with Crippen molar-refractivity contribution in [3.05, 3.63) is 65.2 Å². The smallest absolute Gasteiger partial charge is 0.323 e. The molecule has 0 bridgehead atoms. The number of carbonyl (C=O) groups excluding carboxylic acids is 1. The molecule has 26 heavy (non-hydrogen) atoms. The van der Waals surface area contributed by atoms with E-state index < -0.39 is 21.7 Å². The van der Waals surface area contributed by atoms with Gasteiger partial charge in [0, 0.05) is 12.1 Å². The van der Waals surface area contributed by atoms with Gasteiger partial charge in [0.05, 0.1) is 10.6 Å². The molecule has 0 saturated carbocycles. The molecule has 0 spiro atoms. The van der Waals surface area contributed by atoms with Gasteiger partial charge in [0.25, 0.3) is 5.91 Å². The van der Waals surface area contributed by atoms with E-state index in [1.54, 1.807) is 43.3 Å². The fraction of sp³-hybridized carbons (Fsp3) is 0.263. The van der Waals surface area contributed by atoms with Crippen LogP contribution in [-0.4, -0.2) is 43.4 Å². The van der Waals surface area contributed by atoms with Gasteiger partial charge in [-0.2, -0.15) is 0 Å². The minimum atomic E-state index is -3.47. The Morgan fingerprint density at radius 3 is 2.08 bits per heavy atom. The molecule has 0 unspecified atom stereocenters. The molecule has 0 aliphatic carbocycles. The van der Waals surface area contributed by atoms with Crippen LogP contribution in [0.2, 0.25) is 0 Å². The van der Waals surface area contributed by atoms with E-state index in [-0.39, 0.29) is 23.7 Å². The Labute approximate surface area is 153 Å². The van der Waals surface area contributed by atoms with E-state index in [0.717, 1.165) is 5.56 Å². The number of aliphatic carboxylic acids is 1. The van der Waals surface area contributed by atoms with Gasteiger partial charge in [0.15, 0.2) is 9.84 Å². The van der Waals surface area contributed by atoms with Gasteiger partial charge >= 0.3 is 5.97 Å². The zero-order valence-corrected chi connectivity index (χ0v) is 15.5. The molecular weight excluding hydrogens is 354 g/mol. The molecule has 0 radical (unpaired) electrons. The number of amides is 1. The van der Waals surface area contributed by atoms with Crippen LogP contribution < -0.4 is 0 Å². The number of carboxylic acids is 1. The molecule has 0 heterocycles. The summed E-state index contributed by atoms with van der Waals surface area (Å²) >= 11 is 0. The molecule has 0 aromatic heterocycles. The van der Waals surface area contributed by atoms with Crippen molar-refractivity contribution in [3.63, 3.8) is 0 Å². The highest BCUT2D eigenvalue weighted by atomic mass is 32.2. The number of carbonyl (C=O) groups is 2. The average Bonchev–Trinajstić information content (AvgIpc) is 2.59. The van der Waals surface area contributed by atoms with Gasteiger partial charge < -0.3 is 10.0 Å². The van der Waals surface area contributed by atoms with Crippen molar-refractivity contribution < 1.29 is 23.1 Å². The summed E-state index contributed by atoms with van der Waals surface area (Å²) in [6, 6.07) is 12.8. The summed E-state index contributed by atoms with van der Waals surface area (Å²) in [5, 5.41) is 8.85. The van der Waals surface area contributed by atoms with Crippen LogP contribution in [0.5, 0.6) is 0 Å². The molecule has 0 aliphatic rings. The fourth-order valence-electron chi connectivity index (χ4n) is 2.46. The second kappa shape index (κ2) is 8.14. The Hall–Kier alpha value is -2.67. The van der Waals surface area contributed by atoms with Crippen molar-refractivity contribution in [3.8, 4) is 0 Å². The topological polar surface area (TPSA) is 91.8 Å². The molecule has 0 atom stereocenters. The molecule has 0 aliphatic heterocycles. The number of aryl methyl sites for hydroxylation is 1. The predicted octanol–water partition coefficient (Wildman–Crippen LogP) is 2.52. The number of hydrogen-bond acceptors (Lipinski definition) is 4. The van der Waals surface area contributed by atoms with E-state index in [0.29, 0.717) is 11.1 Å². The number of benzene rings is 2. The lowest BCUT2D eigenvalue weighted by molar-refractivity contribution is -0.137. The van der Waals surface area contributed by atoms with E-state index in [4.69, 9.17) is 5.11 Å². The van der Waals surface area contributed by atoms with Crippen LogP contribution >= 0.6 is 0 Å². The molecule has 0 saturated heterocycles. The number of sulfone groups is 1. The number of rotatable bonds is 7. The molecule has 2 aromatic rings. The largest absolute Gasteiger partial charge is 0.480 e. The Bertz CT molecular complexity index is 887. The summed E-state index contributed by atoms with van der Waals surface area (Å²) in [6.07, 6.45) is 0. The molecule has 1 N–H and O–H groups in total. The average molecular weight is 375 g/mol. The minimum Gasteiger partial charge on any atom is -0.480 e. The number of likely N-dealkylation sites (N-methyl/N-ethyl adjacent to an activating group) is 1. The summed E-state index contributed by atoms with van der Waals surface area (Å²) in [5.74, 6) is -1.65. The predicted molar refractivity (Wildman–Crippen MR) is 97.7 cm³/mol. The second-order valence-electron chi connectivity index (χ2n) is 5.98. The molecule has 0 fully saturated rings. The lowest BCUT2D eigenvalue weighted by Crippen LogP contribution is -2.35. The van der Waals surface area contributed by atoms with Crippen molar-refractivity contribution in [1.29, 1.82) is 0 Å². The molecular formula is C19H21NO5S. The lowest BCUT2D eigenvalue weighted by atomic mass is 10.1. The zero-order valence-electron chi connectivity index (χ0n) is 14.7. The highest BCUT2D eigenvalue weighted by Crippen LogP contribution is 2.18. The Morgan fingerprint density at radius 2 is 1.58 bits per heavy atom. The zero-order chi connectivity index (χ0) is 19.3. The number of hydrogen-bond donors (Lipinski definition) is 1. The third kappa shape index (κ3) is 4.92. The third-order valence-electron chi connectivity index (χ3n) is 3.93. The first kappa shape index (κ1) is 19.7. The van der Waals surface area contributed by atoms with E-state index in [1.807, 2.05) is 6.92 Å². The van der Waals surface area contributed by atoms with Crippen LogP contribution in [0.25, 0.3) is 0 Å². The maximum absolute atomic E-state index is 12.5. The molecule has 2 aromatic carbocycles. The van der Waals surface area contributed by atoms with Crippen molar-refractivity contribution in [1.82, 2.24) is 4.90 Å². The second-order valence-corrected chi connectivity index (χ2v) is 7.97. The Morgan fingerprint density at radius 1 is 1.00 bits per heavy atom. The van der Waals surface area contributed by atoms with Crippen LogP contribution in [-0.2, 0) is 20.4 Å². The number of nitrogens with zero attached hydrogens (tertiary/aromatic N) is 1. The van der Waals surface area contributed by atoms with Crippen LogP contribution in [0.3, 0.4) is 0 Å². The summed E-state index contributed by atoms with van der Waals surface area (Å²) in [5.41, 5.74) is 1.86. The molecule has 2 rings (SSSR count). The Kier molecular flexibility index (Phi) is 6.15. The first-order valence-corrected chi connectivity index (χ1v) is 9.77. The maximum Gasteiger partial charge on any atom is 0.323 e.